The Labute approximate surface area is 88.1 Å². The van der Waals surface area contributed by atoms with Crippen molar-refractivity contribution in [2.75, 3.05) is 5.88 Å². The SMILES string of the molecule is C=C(CCCl)OC(=O)c1ccccc1. The van der Waals surface area contributed by atoms with Gasteiger partial charge in [0.05, 0.1) is 5.56 Å². The highest BCUT2D eigenvalue weighted by Gasteiger charge is 2.07. The molecule has 0 saturated carbocycles. The molecule has 0 saturated heterocycles. The molecule has 0 aliphatic rings. The standard InChI is InChI=1S/C11H11ClO2/c1-9(7-8-12)14-11(13)10-5-3-2-4-6-10/h2-6H,1,7-8H2. The predicted molar refractivity (Wildman–Crippen MR) is 56.3 cm³/mol. The van der Waals surface area contributed by atoms with Crippen molar-refractivity contribution in [3.8, 4) is 0 Å². The van der Waals surface area contributed by atoms with Crippen molar-refractivity contribution in [2.45, 2.75) is 6.42 Å². The maximum atomic E-state index is 11.4. The van der Waals surface area contributed by atoms with Crippen molar-refractivity contribution in [1.82, 2.24) is 0 Å². The van der Waals surface area contributed by atoms with Crippen LogP contribution in [0.2, 0.25) is 0 Å². The summed E-state index contributed by atoms with van der Waals surface area (Å²) in [7, 11) is 0. The Hall–Kier alpha value is -1.28. The van der Waals surface area contributed by atoms with Gasteiger partial charge in [-0.3, -0.25) is 0 Å². The van der Waals surface area contributed by atoms with Crippen molar-refractivity contribution in [3.63, 3.8) is 0 Å². The van der Waals surface area contributed by atoms with Gasteiger partial charge in [-0.15, -0.1) is 11.6 Å². The second-order valence-corrected chi connectivity index (χ2v) is 3.11. The van der Waals surface area contributed by atoms with Crippen molar-refractivity contribution < 1.29 is 9.53 Å². The Balaban J connectivity index is 2.55. The lowest BCUT2D eigenvalue weighted by molar-refractivity contribution is 0.0618. The molecule has 2 nitrogen and oxygen atoms in total. The number of alkyl halides is 1. The Morgan fingerprint density at radius 1 is 1.36 bits per heavy atom. The van der Waals surface area contributed by atoms with Crippen LogP contribution in [0, 0.1) is 0 Å². The van der Waals surface area contributed by atoms with E-state index in [9.17, 15) is 4.79 Å². The molecule has 0 aromatic heterocycles. The molecule has 0 aliphatic heterocycles. The van der Waals surface area contributed by atoms with Crippen LogP contribution < -0.4 is 0 Å². The van der Waals surface area contributed by atoms with E-state index in [1.165, 1.54) is 0 Å². The van der Waals surface area contributed by atoms with Crippen molar-refractivity contribution >= 4 is 17.6 Å². The number of ether oxygens (including phenoxy) is 1. The first-order valence-electron chi connectivity index (χ1n) is 4.25. The fourth-order valence-corrected chi connectivity index (χ4v) is 1.13. The summed E-state index contributed by atoms with van der Waals surface area (Å²) in [6, 6.07) is 8.78. The van der Waals surface area contributed by atoms with Crippen LogP contribution in [-0.4, -0.2) is 11.8 Å². The normalized spacial score (nSPS) is 9.50. The van der Waals surface area contributed by atoms with Crippen LogP contribution in [0.3, 0.4) is 0 Å². The third kappa shape index (κ3) is 3.23. The van der Waals surface area contributed by atoms with Crippen LogP contribution in [0.4, 0.5) is 0 Å². The lowest BCUT2D eigenvalue weighted by Crippen LogP contribution is -2.04. The van der Waals surface area contributed by atoms with Gasteiger partial charge in [-0.1, -0.05) is 24.8 Å². The van der Waals surface area contributed by atoms with Gasteiger partial charge in [0, 0.05) is 12.3 Å². The molecule has 0 spiro atoms. The Morgan fingerprint density at radius 3 is 2.57 bits per heavy atom. The molecule has 0 unspecified atom stereocenters. The zero-order valence-electron chi connectivity index (χ0n) is 7.70. The number of esters is 1. The molecule has 74 valence electrons. The summed E-state index contributed by atoms with van der Waals surface area (Å²) in [5.74, 6) is 0.413. The number of halogens is 1. The molecule has 1 rings (SSSR count). The maximum absolute atomic E-state index is 11.4. The number of hydrogen-bond acceptors (Lipinski definition) is 2. The minimum Gasteiger partial charge on any atom is -0.428 e. The lowest BCUT2D eigenvalue weighted by Gasteiger charge is -2.04. The van der Waals surface area contributed by atoms with Gasteiger partial charge in [0.15, 0.2) is 0 Å². The van der Waals surface area contributed by atoms with Crippen molar-refractivity contribution in [1.29, 1.82) is 0 Å². The van der Waals surface area contributed by atoms with Crippen LogP contribution in [0.5, 0.6) is 0 Å². The molecule has 14 heavy (non-hydrogen) atoms. The summed E-state index contributed by atoms with van der Waals surface area (Å²) >= 11 is 5.47. The summed E-state index contributed by atoms with van der Waals surface area (Å²) in [6.07, 6.45) is 0.486. The Morgan fingerprint density at radius 2 is 2.00 bits per heavy atom. The van der Waals surface area contributed by atoms with Crippen LogP contribution >= 0.6 is 11.6 Å². The molecule has 0 atom stereocenters. The molecular formula is C11H11ClO2. The van der Waals surface area contributed by atoms with Crippen LogP contribution in [0.1, 0.15) is 16.8 Å². The first-order valence-corrected chi connectivity index (χ1v) is 4.78. The molecule has 0 aliphatic carbocycles. The third-order valence-corrected chi connectivity index (χ3v) is 1.81. The van der Waals surface area contributed by atoms with Gasteiger partial charge in [0.25, 0.3) is 0 Å². The largest absolute Gasteiger partial charge is 0.428 e. The van der Waals surface area contributed by atoms with E-state index in [4.69, 9.17) is 16.3 Å². The van der Waals surface area contributed by atoms with Crippen LogP contribution in [0.15, 0.2) is 42.7 Å². The highest BCUT2D eigenvalue weighted by Crippen LogP contribution is 2.07. The van der Waals surface area contributed by atoms with Crippen molar-refractivity contribution in [2.24, 2.45) is 0 Å². The van der Waals surface area contributed by atoms with E-state index in [1.54, 1.807) is 24.3 Å². The second kappa shape index (κ2) is 5.45. The van der Waals surface area contributed by atoms with Gasteiger partial charge in [0.1, 0.15) is 5.76 Å². The molecule has 3 heteroatoms. The highest BCUT2D eigenvalue weighted by molar-refractivity contribution is 6.18. The molecular weight excluding hydrogens is 200 g/mol. The summed E-state index contributed by atoms with van der Waals surface area (Å²) in [4.78, 5) is 11.4. The summed E-state index contributed by atoms with van der Waals surface area (Å²) in [5, 5.41) is 0. The number of allylic oxidation sites excluding steroid dienone is 1. The van der Waals surface area contributed by atoms with E-state index >= 15 is 0 Å². The van der Waals surface area contributed by atoms with Gasteiger partial charge in [-0.25, -0.2) is 4.79 Å². The minimum atomic E-state index is -0.388. The summed E-state index contributed by atoms with van der Waals surface area (Å²) in [5.41, 5.74) is 0.517. The zero-order chi connectivity index (χ0) is 10.4. The molecule has 0 heterocycles. The molecule has 1 aromatic rings. The molecule has 0 fully saturated rings. The molecule has 0 bridgehead atoms. The van der Waals surface area contributed by atoms with Gasteiger partial charge in [-0.2, -0.15) is 0 Å². The third-order valence-electron chi connectivity index (χ3n) is 1.62. The summed E-state index contributed by atoms with van der Waals surface area (Å²) < 4.78 is 4.96. The van der Waals surface area contributed by atoms with Gasteiger partial charge in [-0.05, 0) is 12.1 Å². The van der Waals surface area contributed by atoms with Gasteiger partial charge in [0.2, 0.25) is 0 Å². The smallest absolute Gasteiger partial charge is 0.343 e. The monoisotopic (exact) mass is 210 g/mol. The van der Waals surface area contributed by atoms with E-state index in [-0.39, 0.29) is 5.97 Å². The predicted octanol–water partition coefficient (Wildman–Crippen LogP) is 2.99. The van der Waals surface area contributed by atoms with E-state index in [2.05, 4.69) is 6.58 Å². The molecule has 0 amide bonds. The Bertz CT molecular complexity index is 319. The average molecular weight is 211 g/mol. The lowest BCUT2D eigenvalue weighted by atomic mass is 10.2. The first-order chi connectivity index (χ1) is 6.74. The number of hydrogen-bond donors (Lipinski definition) is 0. The number of benzene rings is 1. The number of carbonyl (C=O) groups is 1. The molecule has 0 radical (unpaired) electrons. The second-order valence-electron chi connectivity index (χ2n) is 2.73. The summed E-state index contributed by atoms with van der Waals surface area (Å²) in [6.45, 7) is 3.58. The number of carbonyl (C=O) groups excluding carboxylic acids is 1. The fraction of sp³-hybridized carbons (Fsp3) is 0.182. The van der Waals surface area contributed by atoms with Crippen LogP contribution in [-0.2, 0) is 4.74 Å². The fourth-order valence-electron chi connectivity index (χ4n) is 0.921. The topological polar surface area (TPSA) is 26.3 Å². The minimum absolute atomic E-state index is 0.388. The average Bonchev–Trinajstić information content (AvgIpc) is 2.19. The molecule has 1 aromatic carbocycles. The van der Waals surface area contributed by atoms with E-state index in [0.717, 1.165) is 0 Å². The highest BCUT2D eigenvalue weighted by atomic mass is 35.5. The van der Waals surface area contributed by atoms with Gasteiger partial charge >= 0.3 is 5.97 Å². The van der Waals surface area contributed by atoms with Crippen molar-refractivity contribution in [3.05, 3.63) is 48.2 Å². The van der Waals surface area contributed by atoms with Crippen LogP contribution in [0.25, 0.3) is 0 Å². The van der Waals surface area contributed by atoms with Gasteiger partial charge < -0.3 is 4.74 Å². The number of rotatable bonds is 4. The van der Waals surface area contributed by atoms with E-state index in [0.29, 0.717) is 23.6 Å². The maximum Gasteiger partial charge on any atom is 0.343 e. The Kier molecular flexibility index (Phi) is 4.20. The molecule has 0 N–H and O–H groups in total. The quantitative estimate of drug-likeness (QED) is 0.434. The zero-order valence-corrected chi connectivity index (χ0v) is 8.46. The van der Waals surface area contributed by atoms with E-state index < -0.39 is 0 Å². The van der Waals surface area contributed by atoms with E-state index in [1.807, 2.05) is 6.07 Å². The first kappa shape index (κ1) is 10.8.